The highest BCUT2D eigenvalue weighted by molar-refractivity contribution is 5.81. The summed E-state index contributed by atoms with van der Waals surface area (Å²) in [7, 11) is 0. The zero-order chi connectivity index (χ0) is 12.4. The van der Waals surface area contributed by atoms with Gasteiger partial charge in [-0.25, -0.2) is 9.97 Å². The monoisotopic (exact) mass is 243 g/mol. The molecule has 1 aliphatic heterocycles. The molecule has 1 N–H and O–H groups in total. The summed E-state index contributed by atoms with van der Waals surface area (Å²) in [5, 5.41) is 4.49. The van der Waals surface area contributed by atoms with Crippen LogP contribution in [0.4, 0.5) is 0 Å². The number of aryl methyl sites for hydroxylation is 1. The fourth-order valence-electron chi connectivity index (χ4n) is 2.36. The first-order valence-corrected chi connectivity index (χ1v) is 6.40. The Balaban J connectivity index is 2.08. The number of hydrogen-bond donors (Lipinski definition) is 1. The third kappa shape index (κ3) is 2.21. The van der Waals surface area contributed by atoms with Gasteiger partial charge in [-0.1, -0.05) is 18.2 Å². The Morgan fingerprint density at radius 3 is 3.11 bits per heavy atom. The topological polar surface area (TPSA) is 47.0 Å². The van der Waals surface area contributed by atoms with Crippen molar-refractivity contribution in [2.75, 3.05) is 19.7 Å². The van der Waals surface area contributed by atoms with E-state index in [0.29, 0.717) is 0 Å². The minimum Gasteiger partial charge on any atom is -0.371 e. The number of nitrogens with one attached hydrogen (secondary N) is 1. The van der Waals surface area contributed by atoms with Crippen molar-refractivity contribution in [3.8, 4) is 0 Å². The van der Waals surface area contributed by atoms with Gasteiger partial charge < -0.3 is 10.1 Å². The Morgan fingerprint density at radius 1 is 1.28 bits per heavy atom. The number of hydrogen-bond acceptors (Lipinski definition) is 4. The average molecular weight is 243 g/mol. The zero-order valence-electron chi connectivity index (χ0n) is 10.5. The molecule has 1 unspecified atom stereocenters. The fraction of sp³-hybridized carbons (Fsp3) is 0.429. The SMILES string of the molecule is Cc1nc(C2CNCCCO2)c2ccccc2n1. The third-order valence-electron chi connectivity index (χ3n) is 3.20. The van der Waals surface area contributed by atoms with Gasteiger partial charge in [0, 0.05) is 18.5 Å². The molecule has 0 spiro atoms. The van der Waals surface area contributed by atoms with Crippen molar-refractivity contribution in [1.29, 1.82) is 0 Å². The molecule has 2 aromatic rings. The van der Waals surface area contributed by atoms with Crippen molar-refractivity contribution in [1.82, 2.24) is 15.3 Å². The van der Waals surface area contributed by atoms with E-state index in [2.05, 4.69) is 21.4 Å². The first-order chi connectivity index (χ1) is 8.84. The maximum Gasteiger partial charge on any atom is 0.126 e. The van der Waals surface area contributed by atoms with Crippen LogP contribution in [0.1, 0.15) is 24.0 Å². The van der Waals surface area contributed by atoms with Gasteiger partial charge in [0.2, 0.25) is 0 Å². The summed E-state index contributed by atoms with van der Waals surface area (Å²) < 4.78 is 5.90. The molecule has 3 rings (SSSR count). The molecular formula is C14H17N3O. The first kappa shape index (κ1) is 11.6. The average Bonchev–Trinajstić information content (AvgIpc) is 2.66. The number of rotatable bonds is 1. The fourth-order valence-corrected chi connectivity index (χ4v) is 2.36. The summed E-state index contributed by atoms with van der Waals surface area (Å²) in [6.07, 6.45) is 1.08. The van der Waals surface area contributed by atoms with Crippen molar-refractivity contribution in [3.63, 3.8) is 0 Å². The van der Waals surface area contributed by atoms with Crippen molar-refractivity contribution >= 4 is 10.9 Å². The van der Waals surface area contributed by atoms with E-state index >= 15 is 0 Å². The van der Waals surface area contributed by atoms with Gasteiger partial charge >= 0.3 is 0 Å². The van der Waals surface area contributed by atoms with Crippen molar-refractivity contribution in [2.24, 2.45) is 0 Å². The highest BCUT2D eigenvalue weighted by Gasteiger charge is 2.19. The number of nitrogens with zero attached hydrogens (tertiary/aromatic N) is 2. The van der Waals surface area contributed by atoms with Crippen molar-refractivity contribution in [2.45, 2.75) is 19.4 Å². The first-order valence-electron chi connectivity index (χ1n) is 6.40. The van der Waals surface area contributed by atoms with E-state index in [0.717, 1.165) is 48.5 Å². The molecule has 1 aromatic heterocycles. The predicted molar refractivity (Wildman–Crippen MR) is 70.5 cm³/mol. The molecule has 94 valence electrons. The summed E-state index contributed by atoms with van der Waals surface area (Å²) in [5.74, 6) is 0.802. The molecule has 2 heterocycles. The zero-order valence-corrected chi connectivity index (χ0v) is 10.5. The van der Waals surface area contributed by atoms with Gasteiger partial charge in [0.1, 0.15) is 11.9 Å². The van der Waals surface area contributed by atoms with E-state index in [9.17, 15) is 0 Å². The van der Waals surface area contributed by atoms with Crippen molar-refractivity contribution < 1.29 is 4.74 Å². The van der Waals surface area contributed by atoms with Gasteiger partial charge in [-0.3, -0.25) is 0 Å². The minimum atomic E-state index is 0.0269. The lowest BCUT2D eigenvalue weighted by molar-refractivity contribution is 0.0648. The van der Waals surface area contributed by atoms with Crippen LogP contribution in [0.2, 0.25) is 0 Å². The molecule has 0 bridgehead atoms. The Labute approximate surface area is 106 Å². The molecule has 1 saturated heterocycles. The number of para-hydroxylation sites is 1. The molecule has 1 aromatic carbocycles. The molecule has 4 nitrogen and oxygen atoms in total. The maximum atomic E-state index is 5.90. The van der Waals surface area contributed by atoms with Gasteiger partial charge in [-0.05, 0) is 26.0 Å². The molecule has 18 heavy (non-hydrogen) atoms. The largest absolute Gasteiger partial charge is 0.371 e. The van der Waals surface area contributed by atoms with Crippen LogP contribution in [-0.4, -0.2) is 29.7 Å². The highest BCUT2D eigenvalue weighted by atomic mass is 16.5. The van der Waals surface area contributed by atoms with E-state index in [4.69, 9.17) is 4.74 Å². The number of fused-ring (bicyclic) bond motifs is 1. The Hall–Kier alpha value is -1.52. The molecule has 0 radical (unpaired) electrons. The quantitative estimate of drug-likeness (QED) is 0.832. The van der Waals surface area contributed by atoms with Crippen LogP contribution in [-0.2, 0) is 4.74 Å². The lowest BCUT2D eigenvalue weighted by atomic mass is 10.1. The third-order valence-corrected chi connectivity index (χ3v) is 3.20. The Bertz CT molecular complexity index is 548. The van der Waals surface area contributed by atoms with Gasteiger partial charge in [-0.15, -0.1) is 0 Å². The molecule has 1 fully saturated rings. The Morgan fingerprint density at radius 2 is 2.17 bits per heavy atom. The standard InChI is InChI=1S/C14H17N3O/c1-10-16-12-6-3-2-5-11(12)14(17-10)13-9-15-7-4-8-18-13/h2-3,5-6,13,15H,4,7-9H2,1H3. The lowest BCUT2D eigenvalue weighted by Crippen LogP contribution is -2.21. The van der Waals surface area contributed by atoms with Gasteiger partial charge in [0.25, 0.3) is 0 Å². The van der Waals surface area contributed by atoms with Crippen LogP contribution in [0.3, 0.4) is 0 Å². The predicted octanol–water partition coefficient (Wildman–Crippen LogP) is 1.99. The summed E-state index contributed by atoms with van der Waals surface area (Å²) in [6.45, 7) is 4.55. The van der Waals surface area contributed by atoms with Crippen LogP contribution < -0.4 is 5.32 Å². The molecular weight excluding hydrogens is 226 g/mol. The van der Waals surface area contributed by atoms with Crippen LogP contribution in [0.25, 0.3) is 10.9 Å². The summed E-state index contributed by atoms with van der Waals surface area (Å²) in [4.78, 5) is 9.06. The van der Waals surface area contributed by atoms with Crippen LogP contribution in [0, 0.1) is 6.92 Å². The molecule has 0 saturated carbocycles. The van der Waals surface area contributed by atoms with E-state index in [-0.39, 0.29) is 6.10 Å². The molecule has 0 amide bonds. The molecule has 0 aliphatic carbocycles. The van der Waals surface area contributed by atoms with Crippen LogP contribution >= 0.6 is 0 Å². The van der Waals surface area contributed by atoms with Crippen LogP contribution in [0.5, 0.6) is 0 Å². The molecule has 1 aliphatic rings. The van der Waals surface area contributed by atoms with E-state index < -0.39 is 0 Å². The minimum absolute atomic E-state index is 0.0269. The lowest BCUT2D eigenvalue weighted by Gasteiger charge is -2.16. The smallest absolute Gasteiger partial charge is 0.126 e. The van der Waals surface area contributed by atoms with Gasteiger partial charge in [0.05, 0.1) is 11.2 Å². The summed E-state index contributed by atoms with van der Waals surface area (Å²) in [6, 6.07) is 8.12. The second-order valence-electron chi connectivity index (χ2n) is 4.59. The normalized spacial score (nSPS) is 20.8. The molecule has 1 atom stereocenters. The summed E-state index contributed by atoms with van der Waals surface area (Å²) in [5.41, 5.74) is 2.00. The highest BCUT2D eigenvalue weighted by Crippen LogP contribution is 2.24. The number of ether oxygens (including phenoxy) is 1. The maximum absolute atomic E-state index is 5.90. The van der Waals surface area contributed by atoms with Crippen molar-refractivity contribution in [3.05, 3.63) is 35.8 Å². The van der Waals surface area contributed by atoms with Crippen LogP contribution in [0.15, 0.2) is 24.3 Å². The second kappa shape index (κ2) is 5.00. The summed E-state index contributed by atoms with van der Waals surface area (Å²) >= 11 is 0. The number of benzene rings is 1. The van der Waals surface area contributed by atoms with Gasteiger partial charge in [0.15, 0.2) is 0 Å². The Kier molecular flexibility index (Phi) is 3.21. The van der Waals surface area contributed by atoms with E-state index in [1.807, 2.05) is 25.1 Å². The van der Waals surface area contributed by atoms with Gasteiger partial charge in [-0.2, -0.15) is 0 Å². The second-order valence-corrected chi connectivity index (χ2v) is 4.59. The molecule has 4 heteroatoms. The number of aromatic nitrogens is 2. The van der Waals surface area contributed by atoms with E-state index in [1.165, 1.54) is 0 Å². The van der Waals surface area contributed by atoms with E-state index in [1.54, 1.807) is 0 Å².